The van der Waals surface area contributed by atoms with Crippen molar-refractivity contribution in [3.63, 3.8) is 0 Å². The number of aliphatic hydroxyl groups excluding tert-OH is 1. The van der Waals surface area contributed by atoms with Gasteiger partial charge in [0.1, 0.15) is 0 Å². The van der Waals surface area contributed by atoms with Crippen molar-refractivity contribution in [1.29, 1.82) is 0 Å². The predicted octanol–water partition coefficient (Wildman–Crippen LogP) is 0.389. The number of rotatable bonds is 2. The van der Waals surface area contributed by atoms with Crippen LogP contribution in [0.25, 0.3) is 0 Å². The van der Waals surface area contributed by atoms with Gasteiger partial charge in [-0.05, 0) is 25.3 Å². The van der Waals surface area contributed by atoms with Crippen LogP contribution < -0.4 is 5.32 Å². The van der Waals surface area contributed by atoms with Gasteiger partial charge >= 0.3 is 0 Å². The molecule has 2 heteroatoms. The molecule has 0 radical (unpaired) electrons. The molecule has 11 heavy (non-hydrogen) atoms. The molecule has 1 fully saturated rings. The zero-order chi connectivity index (χ0) is 7.84. The summed E-state index contributed by atoms with van der Waals surface area (Å²) in [5.74, 6) is 1.79. The molecular formula is C9H15NO. The molecule has 4 atom stereocenters. The second-order valence-electron chi connectivity index (χ2n) is 3.61. The van der Waals surface area contributed by atoms with Gasteiger partial charge in [-0.3, -0.25) is 0 Å². The molecule has 2 aliphatic carbocycles. The van der Waals surface area contributed by atoms with Crippen molar-refractivity contribution in [1.82, 2.24) is 5.32 Å². The molecule has 0 amide bonds. The topological polar surface area (TPSA) is 32.3 Å². The molecule has 2 bridgehead atoms. The third-order valence-corrected chi connectivity index (χ3v) is 3.17. The lowest BCUT2D eigenvalue weighted by Gasteiger charge is -2.25. The lowest BCUT2D eigenvalue weighted by molar-refractivity contribution is 0.182. The van der Waals surface area contributed by atoms with Gasteiger partial charge in [-0.1, -0.05) is 12.2 Å². The van der Waals surface area contributed by atoms with Gasteiger partial charge in [-0.25, -0.2) is 0 Å². The fourth-order valence-electron chi connectivity index (χ4n) is 2.60. The van der Waals surface area contributed by atoms with E-state index in [9.17, 15) is 0 Å². The molecule has 0 spiro atoms. The third kappa shape index (κ3) is 0.932. The van der Waals surface area contributed by atoms with Gasteiger partial charge in [0, 0.05) is 18.6 Å². The van der Waals surface area contributed by atoms with Crippen molar-refractivity contribution < 1.29 is 5.11 Å². The van der Waals surface area contributed by atoms with Crippen LogP contribution in [0, 0.1) is 17.8 Å². The molecule has 2 N–H and O–H groups in total. The number of allylic oxidation sites excluding steroid dienone is 1. The molecule has 0 aromatic heterocycles. The zero-order valence-electron chi connectivity index (χ0n) is 6.83. The Morgan fingerprint density at radius 1 is 1.45 bits per heavy atom. The first-order valence-electron chi connectivity index (χ1n) is 4.33. The van der Waals surface area contributed by atoms with E-state index in [4.69, 9.17) is 5.11 Å². The van der Waals surface area contributed by atoms with E-state index in [0.717, 1.165) is 0 Å². The lowest BCUT2D eigenvalue weighted by atomic mass is 9.90. The second-order valence-corrected chi connectivity index (χ2v) is 3.61. The third-order valence-electron chi connectivity index (χ3n) is 3.17. The molecule has 0 unspecified atom stereocenters. The summed E-state index contributed by atoms with van der Waals surface area (Å²) in [7, 11) is 1.99. The van der Waals surface area contributed by atoms with Gasteiger partial charge in [0.15, 0.2) is 0 Å². The van der Waals surface area contributed by atoms with Gasteiger partial charge in [-0.15, -0.1) is 0 Å². The average molecular weight is 153 g/mol. The Labute approximate surface area is 67.3 Å². The van der Waals surface area contributed by atoms with Crippen molar-refractivity contribution in [2.75, 3.05) is 13.7 Å². The Bertz CT molecular complexity index is 160. The van der Waals surface area contributed by atoms with Gasteiger partial charge in [0.05, 0.1) is 0 Å². The number of fused-ring (bicyclic) bond motifs is 2. The van der Waals surface area contributed by atoms with Crippen LogP contribution in [-0.4, -0.2) is 24.8 Å². The summed E-state index contributed by atoms with van der Waals surface area (Å²) in [6.07, 6.45) is 5.80. The molecular weight excluding hydrogens is 138 g/mol. The van der Waals surface area contributed by atoms with E-state index in [0.29, 0.717) is 30.4 Å². The largest absolute Gasteiger partial charge is 0.396 e. The predicted molar refractivity (Wildman–Crippen MR) is 44.2 cm³/mol. The number of nitrogens with one attached hydrogen (secondary N) is 1. The Morgan fingerprint density at radius 2 is 2.18 bits per heavy atom. The van der Waals surface area contributed by atoms with E-state index in [2.05, 4.69) is 17.5 Å². The maximum atomic E-state index is 9.12. The zero-order valence-corrected chi connectivity index (χ0v) is 6.83. The van der Waals surface area contributed by atoms with E-state index in [-0.39, 0.29) is 0 Å². The van der Waals surface area contributed by atoms with Gasteiger partial charge in [-0.2, -0.15) is 0 Å². The summed E-state index contributed by atoms with van der Waals surface area (Å²) >= 11 is 0. The van der Waals surface area contributed by atoms with Crippen LogP contribution in [0.1, 0.15) is 6.42 Å². The van der Waals surface area contributed by atoms with Gasteiger partial charge in [0.25, 0.3) is 0 Å². The summed E-state index contributed by atoms with van der Waals surface area (Å²) in [4.78, 5) is 0. The monoisotopic (exact) mass is 153 g/mol. The van der Waals surface area contributed by atoms with Gasteiger partial charge in [0.2, 0.25) is 0 Å². The maximum Gasteiger partial charge on any atom is 0.0480 e. The normalized spacial score (nSPS) is 47.1. The van der Waals surface area contributed by atoms with Crippen LogP contribution in [0.4, 0.5) is 0 Å². The van der Waals surface area contributed by atoms with Crippen molar-refractivity contribution >= 4 is 0 Å². The molecule has 2 aliphatic rings. The standard InChI is InChI=1S/C9H15NO/c1-10-9-7-3-2-6(4-7)8(9)5-11/h2-3,6-11H,4-5H2,1H3/t6-,7+,8+,9-/m1/s1. The molecule has 0 aliphatic heterocycles. The minimum atomic E-state index is 0.330. The highest BCUT2D eigenvalue weighted by Crippen LogP contribution is 2.43. The minimum absolute atomic E-state index is 0.330. The van der Waals surface area contributed by atoms with Crippen LogP contribution >= 0.6 is 0 Å². The van der Waals surface area contributed by atoms with E-state index in [1.165, 1.54) is 6.42 Å². The molecule has 0 heterocycles. The van der Waals surface area contributed by atoms with Crippen LogP contribution in [-0.2, 0) is 0 Å². The maximum absolute atomic E-state index is 9.12. The number of hydrogen-bond acceptors (Lipinski definition) is 2. The lowest BCUT2D eigenvalue weighted by Crippen LogP contribution is -2.38. The second kappa shape index (κ2) is 2.61. The molecule has 2 rings (SSSR count). The molecule has 0 saturated heterocycles. The van der Waals surface area contributed by atoms with Crippen molar-refractivity contribution in [3.8, 4) is 0 Å². The first-order chi connectivity index (χ1) is 5.36. The van der Waals surface area contributed by atoms with E-state index >= 15 is 0 Å². The highest BCUT2D eigenvalue weighted by Gasteiger charge is 2.42. The fraction of sp³-hybridized carbons (Fsp3) is 0.778. The Hall–Kier alpha value is -0.340. The van der Waals surface area contributed by atoms with Crippen molar-refractivity contribution in [2.24, 2.45) is 17.8 Å². The molecule has 0 aromatic carbocycles. The van der Waals surface area contributed by atoms with Crippen molar-refractivity contribution in [3.05, 3.63) is 12.2 Å². The number of aliphatic hydroxyl groups is 1. The molecule has 0 aromatic rings. The van der Waals surface area contributed by atoms with Crippen LogP contribution in [0.2, 0.25) is 0 Å². The van der Waals surface area contributed by atoms with Gasteiger partial charge < -0.3 is 10.4 Å². The highest BCUT2D eigenvalue weighted by atomic mass is 16.3. The minimum Gasteiger partial charge on any atom is -0.396 e. The Balaban J connectivity index is 2.15. The Kier molecular flexibility index (Phi) is 1.74. The first kappa shape index (κ1) is 7.32. The molecule has 1 saturated carbocycles. The first-order valence-corrected chi connectivity index (χ1v) is 4.33. The summed E-state index contributed by atoms with van der Waals surface area (Å²) in [6.45, 7) is 0.330. The SMILES string of the molecule is CN[C@H]1[C@@H](CO)[C@@H]2C=C[C@H]1C2. The van der Waals surface area contributed by atoms with Crippen LogP contribution in [0.5, 0.6) is 0 Å². The van der Waals surface area contributed by atoms with Crippen molar-refractivity contribution in [2.45, 2.75) is 12.5 Å². The van der Waals surface area contributed by atoms with E-state index < -0.39 is 0 Å². The molecule has 62 valence electrons. The van der Waals surface area contributed by atoms with E-state index in [1.807, 2.05) is 7.05 Å². The molecule has 2 nitrogen and oxygen atoms in total. The van der Waals surface area contributed by atoms with Crippen LogP contribution in [0.3, 0.4) is 0 Å². The smallest absolute Gasteiger partial charge is 0.0480 e. The van der Waals surface area contributed by atoms with E-state index in [1.54, 1.807) is 0 Å². The average Bonchev–Trinajstić information content (AvgIpc) is 2.60. The summed E-state index contributed by atoms with van der Waals surface area (Å²) in [5, 5.41) is 12.4. The summed E-state index contributed by atoms with van der Waals surface area (Å²) in [6, 6.07) is 0.523. The Morgan fingerprint density at radius 3 is 2.73 bits per heavy atom. The highest BCUT2D eigenvalue weighted by molar-refractivity contribution is 5.15. The fourth-order valence-corrected chi connectivity index (χ4v) is 2.60. The number of hydrogen-bond donors (Lipinski definition) is 2. The quantitative estimate of drug-likeness (QED) is 0.562. The van der Waals surface area contributed by atoms with Crippen LogP contribution in [0.15, 0.2) is 12.2 Å². The summed E-state index contributed by atoms with van der Waals surface area (Å²) < 4.78 is 0. The summed E-state index contributed by atoms with van der Waals surface area (Å²) in [5.41, 5.74) is 0.